The Labute approximate surface area is 130 Å². The molecule has 0 atom stereocenters. The summed E-state index contributed by atoms with van der Waals surface area (Å²) >= 11 is 6.00. The van der Waals surface area contributed by atoms with Crippen molar-refractivity contribution in [2.45, 2.75) is 38.9 Å². The van der Waals surface area contributed by atoms with Crippen molar-refractivity contribution in [1.29, 1.82) is 0 Å². The smallest absolute Gasteiger partial charge is 0.468 e. The maximum atomic E-state index is 10.2. The fourth-order valence-corrected chi connectivity index (χ4v) is 1.66. The van der Waals surface area contributed by atoms with Gasteiger partial charge in [0.15, 0.2) is 6.79 Å². The lowest BCUT2D eigenvalue weighted by Gasteiger charge is -2.38. The van der Waals surface area contributed by atoms with Crippen molar-refractivity contribution in [3.63, 3.8) is 0 Å². The zero-order valence-corrected chi connectivity index (χ0v) is 13.8. The third-order valence-electron chi connectivity index (χ3n) is 3.40. The van der Waals surface area contributed by atoms with Crippen LogP contribution in [0.4, 0.5) is 0 Å². The van der Waals surface area contributed by atoms with Gasteiger partial charge in [-0.15, -0.1) is 0 Å². The van der Waals surface area contributed by atoms with Crippen LogP contribution in [0.2, 0.25) is 5.02 Å². The molecule has 5 nitrogen and oxygen atoms in total. The number of halogens is 1. The third kappa shape index (κ3) is 5.16. The molecule has 0 aromatic heterocycles. The molecule has 0 aliphatic rings. The number of aliphatic hydroxyl groups is 1. The molecular formula is C14H22BClO5. The standard InChI is InChI=1S/C14H22BClO5/c1-13(2,17)14(3,4)21-15(18)10-6-11(16)8-12(7-10)20-9-19-5/h6-8,17-18H,9H2,1-5H3. The first-order chi connectivity index (χ1) is 9.56. The van der Waals surface area contributed by atoms with E-state index in [0.717, 1.165) is 0 Å². The predicted molar refractivity (Wildman–Crippen MR) is 83.0 cm³/mol. The Morgan fingerprint density at radius 3 is 2.33 bits per heavy atom. The quantitative estimate of drug-likeness (QED) is 0.590. The molecule has 0 saturated heterocycles. The summed E-state index contributed by atoms with van der Waals surface area (Å²) in [4.78, 5) is 0. The fraction of sp³-hybridized carbons (Fsp3) is 0.571. The van der Waals surface area contributed by atoms with Crippen LogP contribution in [0, 0.1) is 0 Å². The molecule has 0 amide bonds. The van der Waals surface area contributed by atoms with Crippen LogP contribution in [0.25, 0.3) is 0 Å². The zero-order valence-electron chi connectivity index (χ0n) is 13.0. The summed E-state index contributed by atoms with van der Waals surface area (Å²) in [5.41, 5.74) is -1.64. The molecule has 0 aliphatic heterocycles. The molecule has 21 heavy (non-hydrogen) atoms. The van der Waals surface area contributed by atoms with Crippen LogP contribution in [-0.4, -0.2) is 42.4 Å². The van der Waals surface area contributed by atoms with Gasteiger partial charge in [-0.2, -0.15) is 0 Å². The lowest BCUT2D eigenvalue weighted by molar-refractivity contribution is -0.0982. The van der Waals surface area contributed by atoms with Crippen LogP contribution in [0.15, 0.2) is 18.2 Å². The minimum Gasteiger partial charge on any atom is -0.468 e. The van der Waals surface area contributed by atoms with Crippen molar-refractivity contribution in [3.8, 4) is 5.75 Å². The SMILES string of the molecule is COCOc1cc(Cl)cc(B(O)OC(C)(C)C(C)(C)O)c1. The second kappa shape index (κ2) is 6.98. The number of hydrogen-bond donors (Lipinski definition) is 2. The average Bonchev–Trinajstić information content (AvgIpc) is 2.33. The van der Waals surface area contributed by atoms with Gasteiger partial charge in [0.05, 0.1) is 11.2 Å². The Morgan fingerprint density at radius 1 is 1.19 bits per heavy atom. The summed E-state index contributed by atoms with van der Waals surface area (Å²) in [6.07, 6.45) is 0. The molecule has 1 aromatic rings. The maximum absolute atomic E-state index is 10.2. The molecule has 0 spiro atoms. The summed E-state index contributed by atoms with van der Waals surface area (Å²) in [6.45, 7) is 6.70. The van der Waals surface area contributed by atoms with Crippen molar-refractivity contribution in [1.82, 2.24) is 0 Å². The van der Waals surface area contributed by atoms with Crippen molar-refractivity contribution >= 4 is 24.2 Å². The van der Waals surface area contributed by atoms with E-state index in [1.807, 2.05) is 0 Å². The first-order valence-corrected chi connectivity index (χ1v) is 6.95. The molecule has 0 bridgehead atoms. The highest BCUT2D eigenvalue weighted by molar-refractivity contribution is 6.60. The van der Waals surface area contributed by atoms with Crippen LogP contribution < -0.4 is 10.2 Å². The van der Waals surface area contributed by atoms with Gasteiger partial charge >= 0.3 is 7.12 Å². The molecule has 0 saturated carbocycles. The molecule has 118 valence electrons. The molecule has 7 heteroatoms. The lowest BCUT2D eigenvalue weighted by Crippen LogP contribution is -2.53. The average molecular weight is 317 g/mol. The lowest BCUT2D eigenvalue weighted by atomic mass is 9.76. The van der Waals surface area contributed by atoms with Crippen molar-refractivity contribution in [2.75, 3.05) is 13.9 Å². The third-order valence-corrected chi connectivity index (χ3v) is 3.62. The molecular weight excluding hydrogens is 294 g/mol. The van der Waals surface area contributed by atoms with Crippen molar-refractivity contribution in [3.05, 3.63) is 23.2 Å². The minimum atomic E-state index is -1.24. The van der Waals surface area contributed by atoms with Gasteiger partial charge in [0.1, 0.15) is 5.75 Å². The van der Waals surface area contributed by atoms with Crippen molar-refractivity contribution < 1.29 is 24.3 Å². The Hall–Kier alpha value is -0.785. The number of benzene rings is 1. The molecule has 0 unspecified atom stereocenters. The number of rotatable bonds is 7. The molecule has 1 rings (SSSR count). The Kier molecular flexibility index (Phi) is 6.07. The molecule has 1 aromatic carbocycles. The normalized spacial score (nSPS) is 12.4. The zero-order chi connectivity index (χ0) is 16.3. The van der Waals surface area contributed by atoms with E-state index in [1.165, 1.54) is 7.11 Å². The van der Waals surface area contributed by atoms with E-state index < -0.39 is 18.3 Å². The Bertz CT molecular complexity index is 473. The van der Waals surface area contributed by atoms with E-state index in [0.29, 0.717) is 16.2 Å². The van der Waals surface area contributed by atoms with E-state index in [2.05, 4.69) is 0 Å². The van der Waals surface area contributed by atoms with Gasteiger partial charge in [-0.1, -0.05) is 11.6 Å². The van der Waals surface area contributed by atoms with E-state index >= 15 is 0 Å². The first-order valence-electron chi connectivity index (χ1n) is 6.57. The molecule has 0 radical (unpaired) electrons. The fourth-order valence-electron chi connectivity index (χ4n) is 1.43. The van der Waals surface area contributed by atoms with Gasteiger partial charge in [0, 0.05) is 12.1 Å². The summed E-state index contributed by atoms with van der Waals surface area (Å²) in [5, 5.41) is 20.7. The van der Waals surface area contributed by atoms with Gasteiger partial charge in [0.2, 0.25) is 0 Å². The van der Waals surface area contributed by atoms with Gasteiger partial charge in [0.25, 0.3) is 0 Å². The van der Waals surface area contributed by atoms with Crippen LogP contribution in [-0.2, 0) is 9.39 Å². The molecule has 0 heterocycles. The minimum absolute atomic E-state index is 0.0753. The second-order valence-electron chi connectivity index (χ2n) is 5.81. The van der Waals surface area contributed by atoms with E-state index in [9.17, 15) is 10.1 Å². The monoisotopic (exact) mass is 316 g/mol. The van der Waals surface area contributed by atoms with Crippen LogP contribution in [0.3, 0.4) is 0 Å². The number of ether oxygens (including phenoxy) is 2. The highest BCUT2D eigenvalue weighted by atomic mass is 35.5. The summed E-state index contributed by atoms with van der Waals surface area (Å²) < 4.78 is 15.7. The maximum Gasteiger partial charge on any atom is 0.491 e. The van der Waals surface area contributed by atoms with Crippen LogP contribution in [0.1, 0.15) is 27.7 Å². The number of methoxy groups -OCH3 is 1. The van der Waals surface area contributed by atoms with Gasteiger partial charge < -0.3 is 24.3 Å². The van der Waals surface area contributed by atoms with E-state index in [-0.39, 0.29) is 6.79 Å². The summed E-state index contributed by atoms with van der Waals surface area (Å²) in [5.74, 6) is 0.461. The van der Waals surface area contributed by atoms with Gasteiger partial charge in [-0.25, -0.2) is 0 Å². The van der Waals surface area contributed by atoms with Crippen LogP contribution in [0.5, 0.6) is 5.75 Å². The van der Waals surface area contributed by atoms with E-state index in [4.69, 9.17) is 25.7 Å². The summed E-state index contributed by atoms with van der Waals surface area (Å²) in [7, 11) is 0.268. The summed E-state index contributed by atoms with van der Waals surface area (Å²) in [6, 6.07) is 4.79. The highest BCUT2D eigenvalue weighted by Gasteiger charge is 2.39. The van der Waals surface area contributed by atoms with Gasteiger partial charge in [-0.05, 0) is 51.4 Å². The molecule has 2 N–H and O–H groups in total. The topological polar surface area (TPSA) is 68.2 Å². The van der Waals surface area contributed by atoms with Crippen molar-refractivity contribution in [2.24, 2.45) is 0 Å². The Balaban J connectivity index is 2.92. The van der Waals surface area contributed by atoms with Crippen LogP contribution >= 0.6 is 11.6 Å². The van der Waals surface area contributed by atoms with Gasteiger partial charge in [-0.3, -0.25) is 0 Å². The largest absolute Gasteiger partial charge is 0.491 e. The molecule has 0 aliphatic carbocycles. The first kappa shape index (κ1) is 18.3. The molecule has 0 fully saturated rings. The second-order valence-corrected chi connectivity index (χ2v) is 6.25. The predicted octanol–water partition coefficient (Wildman–Crippen LogP) is 1.58. The highest BCUT2D eigenvalue weighted by Crippen LogP contribution is 2.26. The number of hydrogen-bond acceptors (Lipinski definition) is 5. The van der Waals surface area contributed by atoms with E-state index in [1.54, 1.807) is 45.9 Å². The Morgan fingerprint density at radius 2 is 1.81 bits per heavy atom.